The molecule has 7 nitrogen and oxygen atoms in total. The average Bonchev–Trinajstić information content (AvgIpc) is 3.44. The van der Waals surface area contributed by atoms with E-state index < -0.39 is 11.2 Å². The van der Waals surface area contributed by atoms with Crippen molar-refractivity contribution in [1.82, 2.24) is 4.98 Å². The molecule has 2 amide bonds. The first-order valence-electron chi connectivity index (χ1n) is 8.81. The number of amides is 2. The second kappa shape index (κ2) is 8.22. The van der Waals surface area contributed by atoms with E-state index in [9.17, 15) is 19.2 Å². The number of anilines is 1. The number of nitrogens with one attached hydrogen (secondary N) is 1. The van der Waals surface area contributed by atoms with Crippen molar-refractivity contribution in [1.29, 1.82) is 0 Å². The number of carbonyl (C=O) groups excluding carboxylic acids is 4. The van der Waals surface area contributed by atoms with Crippen LogP contribution in [0.4, 0.5) is 5.69 Å². The molecule has 3 aromatic rings. The van der Waals surface area contributed by atoms with Gasteiger partial charge in [0.2, 0.25) is 17.6 Å². The molecule has 4 rings (SSSR count). The Morgan fingerprint density at radius 2 is 2.10 bits per heavy atom. The standard InChI is InChI=1S/C20H16N2O5S2/c23-15(16-2-1-7-28-16)10-27-19(25)11-29-17-9-18(24)22(20(17)26)13-4-3-12-5-6-21-14(12)8-13/h1-8,17,21H,9-11H2. The van der Waals surface area contributed by atoms with Gasteiger partial charge in [-0.05, 0) is 35.0 Å². The molecule has 9 heteroatoms. The third kappa shape index (κ3) is 4.10. The number of aromatic amines is 1. The second-order valence-corrected chi connectivity index (χ2v) is 8.52. The minimum Gasteiger partial charge on any atom is -0.457 e. The lowest BCUT2D eigenvalue weighted by Crippen LogP contribution is -2.31. The molecule has 1 N–H and O–H groups in total. The van der Waals surface area contributed by atoms with Crippen LogP contribution < -0.4 is 4.90 Å². The molecular formula is C20H16N2O5S2. The Morgan fingerprint density at radius 1 is 1.24 bits per heavy atom. The zero-order valence-corrected chi connectivity index (χ0v) is 16.8. The first-order chi connectivity index (χ1) is 14.0. The molecule has 3 heterocycles. The number of hydrogen-bond donors (Lipinski definition) is 1. The van der Waals surface area contributed by atoms with Gasteiger partial charge >= 0.3 is 5.97 Å². The maximum absolute atomic E-state index is 12.7. The van der Waals surface area contributed by atoms with Crippen molar-refractivity contribution in [2.45, 2.75) is 11.7 Å². The number of imide groups is 1. The van der Waals surface area contributed by atoms with Crippen molar-refractivity contribution in [3.63, 3.8) is 0 Å². The Labute approximate surface area is 174 Å². The van der Waals surface area contributed by atoms with Crippen molar-refractivity contribution in [3.05, 3.63) is 52.9 Å². The number of carbonyl (C=O) groups is 4. The van der Waals surface area contributed by atoms with Crippen LogP contribution in [-0.4, -0.2) is 46.2 Å². The predicted molar refractivity (Wildman–Crippen MR) is 111 cm³/mol. The molecule has 0 radical (unpaired) electrons. The monoisotopic (exact) mass is 428 g/mol. The lowest BCUT2D eigenvalue weighted by Gasteiger charge is -2.15. The van der Waals surface area contributed by atoms with E-state index in [-0.39, 0.29) is 36.4 Å². The lowest BCUT2D eigenvalue weighted by molar-refractivity contribution is -0.139. The molecule has 1 atom stereocenters. The van der Waals surface area contributed by atoms with Gasteiger partial charge in [0.1, 0.15) is 0 Å². The van der Waals surface area contributed by atoms with Gasteiger partial charge in [0.15, 0.2) is 6.61 Å². The van der Waals surface area contributed by atoms with Crippen LogP contribution in [0, 0.1) is 0 Å². The highest BCUT2D eigenvalue weighted by Crippen LogP contribution is 2.31. The summed E-state index contributed by atoms with van der Waals surface area (Å²) in [5.41, 5.74) is 1.33. The first-order valence-corrected chi connectivity index (χ1v) is 10.7. The molecule has 2 aromatic heterocycles. The van der Waals surface area contributed by atoms with Gasteiger partial charge in [0, 0.05) is 18.1 Å². The van der Waals surface area contributed by atoms with Gasteiger partial charge in [-0.2, -0.15) is 0 Å². The van der Waals surface area contributed by atoms with Gasteiger partial charge in [-0.3, -0.25) is 19.2 Å². The minimum absolute atomic E-state index is 0.0215. The quantitative estimate of drug-likeness (QED) is 0.353. The highest BCUT2D eigenvalue weighted by Gasteiger charge is 2.40. The van der Waals surface area contributed by atoms with Crippen LogP contribution >= 0.6 is 23.1 Å². The first kappa shape index (κ1) is 19.4. The number of nitrogens with zero attached hydrogens (tertiary/aromatic N) is 1. The number of ketones is 1. The highest BCUT2D eigenvalue weighted by molar-refractivity contribution is 8.01. The molecule has 0 bridgehead atoms. The van der Waals surface area contributed by atoms with E-state index in [1.54, 1.807) is 35.8 Å². The predicted octanol–water partition coefficient (Wildman–Crippen LogP) is 3.02. The van der Waals surface area contributed by atoms with E-state index in [1.807, 2.05) is 12.1 Å². The Balaban J connectivity index is 1.32. The van der Waals surface area contributed by atoms with E-state index in [2.05, 4.69) is 4.98 Å². The number of esters is 1. The molecule has 1 aliphatic rings. The number of aromatic nitrogens is 1. The minimum atomic E-state index is -0.651. The van der Waals surface area contributed by atoms with Crippen molar-refractivity contribution >= 4 is 63.3 Å². The number of ether oxygens (including phenoxy) is 1. The summed E-state index contributed by atoms with van der Waals surface area (Å²) in [6.45, 7) is -0.334. The van der Waals surface area contributed by atoms with E-state index in [0.29, 0.717) is 10.6 Å². The van der Waals surface area contributed by atoms with Crippen LogP contribution in [0.15, 0.2) is 48.0 Å². The second-order valence-electron chi connectivity index (χ2n) is 6.38. The number of thioether (sulfide) groups is 1. The van der Waals surface area contributed by atoms with Crippen LogP contribution in [0.3, 0.4) is 0 Å². The molecule has 1 fully saturated rings. The van der Waals surface area contributed by atoms with E-state index >= 15 is 0 Å². The van der Waals surface area contributed by atoms with Crippen LogP contribution in [-0.2, 0) is 19.1 Å². The third-order valence-electron chi connectivity index (χ3n) is 4.46. The van der Waals surface area contributed by atoms with Crippen molar-refractivity contribution in [2.75, 3.05) is 17.3 Å². The highest BCUT2D eigenvalue weighted by atomic mass is 32.2. The van der Waals surface area contributed by atoms with Gasteiger partial charge in [-0.15, -0.1) is 23.1 Å². The van der Waals surface area contributed by atoms with Crippen molar-refractivity contribution in [3.8, 4) is 0 Å². The average molecular weight is 428 g/mol. The van der Waals surface area contributed by atoms with Gasteiger partial charge in [0.25, 0.3) is 0 Å². The Bertz CT molecular complexity index is 1090. The third-order valence-corrected chi connectivity index (χ3v) is 6.55. The molecule has 1 unspecified atom stereocenters. The summed E-state index contributed by atoms with van der Waals surface area (Å²) in [7, 11) is 0. The summed E-state index contributed by atoms with van der Waals surface area (Å²) in [5, 5.41) is 2.11. The molecule has 1 aromatic carbocycles. The molecular weight excluding hydrogens is 412 g/mol. The SMILES string of the molecule is O=C(CSC1CC(=O)N(c2ccc3cc[nH]c3c2)C1=O)OCC(=O)c1cccs1. The Hall–Kier alpha value is -2.91. The summed E-state index contributed by atoms with van der Waals surface area (Å²) in [6.07, 6.45) is 1.81. The van der Waals surface area contributed by atoms with Gasteiger partial charge in [-0.1, -0.05) is 12.1 Å². The Kier molecular flexibility index (Phi) is 5.50. The molecule has 1 aliphatic heterocycles. The summed E-state index contributed by atoms with van der Waals surface area (Å²) in [6, 6.07) is 10.6. The van der Waals surface area contributed by atoms with Crippen molar-refractivity contribution < 1.29 is 23.9 Å². The maximum atomic E-state index is 12.7. The van der Waals surface area contributed by atoms with Gasteiger partial charge in [-0.25, -0.2) is 4.90 Å². The fourth-order valence-electron chi connectivity index (χ4n) is 3.05. The van der Waals surface area contributed by atoms with Crippen LogP contribution in [0.2, 0.25) is 0 Å². The van der Waals surface area contributed by atoms with Crippen LogP contribution in [0.25, 0.3) is 10.9 Å². The van der Waals surface area contributed by atoms with Crippen LogP contribution in [0.1, 0.15) is 16.1 Å². The number of benzene rings is 1. The van der Waals surface area contributed by atoms with E-state index in [4.69, 9.17) is 4.74 Å². The maximum Gasteiger partial charge on any atom is 0.316 e. The largest absolute Gasteiger partial charge is 0.457 e. The number of H-pyrrole nitrogens is 1. The zero-order valence-electron chi connectivity index (χ0n) is 15.1. The number of Topliss-reactive ketones (excluding diaryl/α,β-unsaturated/α-hetero) is 1. The number of hydrogen-bond acceptors (Lipinski definition) is 7. The summed E-state index contributed by atoms with van der Waals surface area (Å²) < 4.78 is 4.98. The lowest BCUT2D eigenvalue weighted by atomic mass is 10.2. The Morgan fingerprint density at radius 3 is 2.90 bits per heavy atom. The van der Waals surface area contributed by atoms with Crippen molar-refractivity contribution in [2.24, 2.45) is 0 Å². The molecule has 29 heavy (non-hydrogen) atoms. The number of thiophene rings is 1. The van der Waals surface area contributed by atoms with Gasteiger partial charge in [0.05, 0.1) is 21.6 Å². The zero-order chi connectivity index (χ0) is 20.4. The van der Waals surface area contributed by atoms with Crippen LogP contribution in [0.5, 0.6) is 0 Å². The fourth-order valence-corrected chi connectivity index (χ4v) is 4.63. The molecule has 0 spiro atoms. The number of rotatable bonds is 7. The molecule has 1 saturated heterocycles. The molecule has 0 saturated carbocycles. The summed E-state index contributed by atoms with van der Waals surface area (Å²) in [4.78, 5) is 53.6. The summed E-state index contributed by atoms with van der Waals surface area (Å²) >= 11 is 2.33. The smallest absolute Gasteiger partial charge is 0.316 e. The normalized spacial score (nSPS) is 16.6. The number of fused-ring (bicyclic) bond motifs is 1. The van der Waals surface area contributed by atoms with E-state index in [0.717, 1.165) is 27.6 Å². The topological polar surface area (TPSA) is 96.5 Å². The molecule has 0 aliphatic carbocycles. The molecule has 148 valence electrons. The van der Waals surface area contributed by atoms with E-state index in [1.165, 1.54) is 11.3 Å². The summed E-state index contributed by atoms with van der Waals surface area (Å²) in [5.74, 6) is -1.62. The fraction of sp³-hybridized carbons (Fsp3) is 0.200. The van der Waals surface area contributed by atoms with Gasteiger partial charge < -0.3 is 9.72 Å².